The number of hydrogen-bond donors (Lipinski definition) is 1. The minimum absolute atomic E-state index is 0. The van der Waals surface area contributed by atoms with Crippen molar-refractivity contribution >= 4 is 24.1 Å². The van der Waals surface area contributed by atoms with Crippen LogP contribution in [0.2, 0.25) is 0 Å². The molecule has 0 radical (unpaired) electrons. The zero-order chi connectivity index (χ0) is 21.4. The predicted octanol–water partition coefficient (Wildman–Crippen LogP) is 5.43. The largest absolute Gasteiger partial charge is 0.461 e. The Balaban J connectivity index is 0.00000216. The third-order valence-electron chi connectivity index (χ3n) is 11.4. The van der Waals surface area contributed by atoms with Crippen LogP contribution >= 0.6 is 12.4 Å². The average Bonchev–Trinajstić information content (AvgIpc) is 3.33. The highest BCUT2D eigenvalue weighted by Gasteiger charge is 2.75. The molecule has 5 aliphatic carbocycles. The Labute approximate surface area is 199 Å². The molecule has 6 rings (SSSR count). The fourth-order valence-electron chi connectivity index (χ4n) is 10.0. The van der Waals surface area contributed by atoms with Gasteiger partial charge < -0.3 is 9.94 Å². The monoisotopic (exact) mass is 464 g/mol. The summed E-state index contributed by atoms with van der Waals surface area (Å²) in [6, 6.07) is 0.694. The highest BCUT2D eigenvalue weighted by Crippen LogP contribution is 2.83. The second kappa shape index (κ2) is 7.86. The van der Waals surface area contributed by atoms with Gasteiger partial charge in [-0.2, -0.15) is 0 Å². The highest BCUT2D eigenvalue weighted by molar-refractivity contribution is 5.92. The standard InChI is InChI=1S/C26H40N2O3.ClH/c1-17(29)31-19-4-3-13-28(15-19)18-7-12-26-16-25(26,14-18)11-8-20-21-5-6-23(27-30)24(21,2)10-9-22(20)26;/h18-22,30H,3-16H2,1-2H3;1H/t18?,19-,20+,21+,22+,24+,25-,26+;/m1./s1. The first kappa shape index (κ1) is 23.0. The van der Waals surface area contributed by atoms with Gasteiger partial charge in [0.1, 0.15) is 6.10 Å². The van der Waals surface area contributed by atoms with Crippen LogP contribution in [0.25, 0.3) is 0 Å². The molecule has 0 bridgehead atoms. The number of nitrogens with zero attached hydrogens (tertiary/aromatic N) is 2. The first-order valence-corrected chi connectivity index (χ1v) is 13.0. The Bertz CT molecular complexity index is 804. The molecule has 0 amide bonds. The van der Waals surface area contributed by atoms with Gasteiger partial charge in [0.05, 0.1) is 5.71 Å². The van der Waals surface area contributed by atoms with Gasteiger partial charge >= 0.3 is 5.97 Å². The van der Waals surface area contributed by atoms with Crippen molar-refractivity contribution in [3.8, 4) is 0 Å². The molecular formula is C26H41ClN2O3. The van der Waals surface area contributed by atoms with E-state index in [0.717, 1.165) is 49.3 Å². The van der Waals surface area contributed by atoms with Gasteiger partial charge in [0.15, 0.2) is 0 Å². The summed E-state index contributed by atoms with van der Waals surface area (Å²) < 4.78 is 5.58. The minimum atomic E-state index is -0.126. The lowest BCUT2D eigenvalue weighted by molar-refractivity contribution is -0.149. The van der Waals surface area contributed by atoms with Crippen molar-refractivity contribution in [2.24, 2.45) is 39.2 Å². The number of hydrogen-bond acceptors (Lipinski definition) is 5. The van der Waals surface area contributed by atoms with E-state index < -0.39 is 0 Å². The van der Waals surface area contributed by atoms with Crippen molar-refractivity contribution in [1.29, 1.82) is 0 Å². The van der Waals surface area contributed by atoms with Gasteiger partial charge in [-0.1, -0.05) is 12.1 Å². The van der Waals surface area contributed by atoms with Crippen LogP contribution in [0.5, 0.6) is 0 Å². The number of rotatable bonds is 2. The molecule has 6 heteroatoms. The van der Waals surface area contributed by atoms with Crippen LogP contribution in [0.4, 0.5) is 0 Å². The molecule has 0 aromatic rings. The molecule has 1 unspecified atom stereocenters. The van der Waals surface area contributed by atoms with Gasteiger partial charge in [0.25, 0.3) is 0 Å². The van der Waals surface area contributed by atoms with E-state index in [1.165, 1.54) is 64.3 Å². The summed E-state index contributed by atoms with van der Waals surface area (Å²) in [5.41, 5.74) is 2.49. The van der Waals surface area contributed by atoms with E-state index in [0.29, 0.717) is 16.9 Å². The molecule has 1 heterocycles. The van der Waals surface area contributed by atoms with Crippen molar-refractivity contribution in [3.63, 3.8) is 0 Å². The third kappa shape index (κ3) is 3.12. The van der Waals surface area contributed by atoms with Crippen LogP contribution in [0.3, 0.4) is 0 Å². The van der Waals surface area contributed by atoms with Crippen molar-refractivity contribution in [3.05, 3.63) is 0 Å². The molecule has 5 nitrogen and oxygen atoms in total. The molecule has 32 heavy (non-hydrogen) atoms. The van der Waals surface area contributed by atoms with E-state index in [4.69, 9.17) is 4.74 Å². The van der Waals surface area contributed by atoms with Gasteiger partial charge in [0.2, 0.25) is 0 Å². The molecule has 1 N–H and O–H groups in total. The van der Waals surface area contributed by atoms with Gasteiger partial charge in [-0.05, 0) is 112 Å². The number of oxime groups is 1. The molecular weight excluding hydrogens is 424 g/mol. The molecule has 1 aliphatic heterocycles. The lowest BCUT2D eigenvalue weighted by Gasteiger charge is -2.55. The molecule has 8 atom stereocenters. The van der Waals surface area contributed by atoms with Crippen LogP contribution in [0.15, 0.2) is 5.16 Å². The number of halogens is 1. The normalized spacial score (nSPS) is 50.9. The first-order chi connectivity index (χ1) is 14.9. The van der Waals surface area contributed by atoms with E-state index in [1.54, 1.807) is 6.92 Å². The fourth-order valence-corrected chi connectivity index (χ4v) is 10.0. The quantitative estimate of drug-likeness (QED) is 0.336. The average molecular weight is 465 g/mol. The van der Waals surface area contributed by atoms with Gasteiger partial charge in [-0.3, -0.25) is 9.69 Å². The fraction of sp³-hybridized carbons (Fsp3) is 0.923. The SMILES string of the molecule is CC(=O)O[C@@H]1CCCN(C2CC[C@@]34C[C@@]3(CC[C@@H]3[C@@H]4CC[C@]4(C)C(=NO)CC[C@@H]34)C2)C1.Cl. The van der Waals surface area contributed by atoms with Crippen molar-refractivity contribution < 1.29 is 14.7 Å². The first-order valence-electron chi connectivity index (χ1n) is 13.0. The maximum atomic E-state index is 11.5. The van der Waals surface area contributed by atoms with Crippen LogP contribution in [-0.2, 0) is 9.53 Å². The van der Waals surface area contributed by atoms with E-state index in [9.17, 15) is 10.0 Å². The third-order valence-corrected chi connectivity index (χ3v) is 11.4. The Morgan fingerprint density at radius 3 is 2.75 bits per heavy atom. The lowest BCUT2D eigenvalue weighted by atomic mass is 9.50. The zero-order valence-electron chi connectivity index (χ0n) is 19.9. The van der Waals surface area contributed by atoms with Gasteiger partial charge in [0, 0.05) is 24.9 Å². The van der Waals surface area contributed by atoms with Crippen molar-refractivity contribution in [2.75, 3.05) is 13.1 Å². The van der Waals surface area contributed by atoms with Crippen LogP contribution in [0, 0.1) is 34.0 Å². The van der Waals surface area contributed by atoms with E-state index in [1.807, 2.05) is 0 Å². The minimum Gasteiger partial charge on any atom is -0.461 e. The molecule has 6 fully saturated rings. The molecule has 0 aromatic carbocycles. The zero-order valence-corrected chi connectivity index (χ0v) is 20.7. The van der Waals surface area contributed by atoms with E-state index >= 15 is 0 Å². The molecule has 180 valence electrons. The lowest BCUT2D eigenvalue weighted by Crippen LogP contribution is -2.52. The maximum absolute atomic E-state index is 11.5. The smallest absolute Gasteiger partial charge is 0.302 e. The topological polar surface area (TPSA) is 62.1 Å². The summed E-state index contributed by atoms with van der Waals surface area (Å²) in [6.07, 6.45) is 15.6. The Morgan fingerprint density at radius 2 is 1.97 bits per heavy atom. The summed E-state index contributed by atoms with van der Waals surface area (Å²) >= 11 is 0. The van der Waals surface area contributed by atoms with Crippen molar-refractivity contribution in [1.82, 2.24) is 4.90 Å². The maximum Gasteiger partial charge on any atom is 0.302 e. The highest BCUT2D eigenvalue weighted by atomic mass is 35.5. The van der Waals surface area contributed by atoms with E-state index in [2.05, 4.69) is 17.0 Å². The van der Waals surface area contributed by atoms with Gasteiger partial charge in [-0.25, -0.2) is 0 Å². The van der Waals surface area contributed by atoms with Crippen LogP contribution in [-0.4, -0.2) is 47.0 Å². The Morgan fingerprint density at radius 1 is 1.12 bits per heavy atom. The summed E-state index contributed by atoms with van der Waals surface area (Å²) in [6.45, 7) is 6.07. The number of fused-ring (bicyclic) bond motifs is 3. The Kier molecular flexibility index (Phi) is 5.64. The van der Waals surface area contributed by atoms with E-state index in [-0.39, 0.29) is 29.9 Å². The summed E-state index contributed by atoms with van der Waals surface area (Å²) in [5, 5.41) is 13.3. The molecule has 1 saturated heterocycles. The molecule has 5 saturated carbocycles. The van der Waals surface area contributed by atoms with Gasteiger partial charge in [-0.15, -0.1) is 12.4 Å². The summed E-state index contributed by atoms with van der Waals surface area (Å²) in [7, 11) is 0. The number of carbonyl (C=O) groups is 1. The number of ether oxygens (including phenoxy) is 1. The second-order valence-corrected chi connectivity index (χ2v) is 12.3. The predicted molar refractivity (Wildman–Crippen MR) is 126 cm³/mol. The number of esters is 1. The van der Waals surface area contributed by atoms with Crippen molar-refractivity contribution in [2.45, 2.75) is 103 Å². The van der Waals surface area contributed by atoms with Crippen LogP contribution < -0.4 is 0 Å². The summed E-state index contributed by atoms with van der Waals surface area (Å²) in [4.78, 5) is 14.1. The Hall–Kier alpha value is -0.810. The molecule has 0 spiro atoms. The second-order valence-electron chi connectivity index (χ2n) is 12.3. The number of likely N-dealkylation sites (tertiary alicyclic amines) is 1. The van der Waals surface area contributed by atoms with Crippen LogP contribution in [0.1, 0.15) is 90.9 Å². The number of piperidine rings is 1. The molecule has 0 aromatic heterocycles. The molecule has 6 aliphatic rings. The number of carbonyl (C=O) groups excluding carboxylic acids is 1. The summed E-state index contributed by atoms with van der Waals surface area (Å²) in [5.74, 6) is 2.38.